The molecule has 1 amide bonds. The van der Waals surface area contributed by atoms with Gasteiger partial charge in [0.05, 0.1) is 22.5 Å². The van der Waals surface area contributed by atoms with Gasteiger partial charge in [-0.3, -0.25) is 9.69 Å². The lowest BCUT2D eigenvalue weighted by Gasteiger charge is -2.27. The lowest BCUT2D eigenvalue weighted by atomic mass is 10.2. The number of nitrogens with one attached hydrogen (secondary N) is 1. The van der Waals surface area contributed by atoms with Gasteiger partial charge in [-0.1, -0.05) is 13.0 Å². The summed E-state index contributed by atoms with van der Waals surface area (Å²) < 4.78 is 2.30. The fourth-order valence-electron chi connectivity index (χ4n) is 3.26. The molecule has 1 aliphatic heterocycles. The summed E-state index contributed by atoms with van der Waals surface area (Å²) in [4.78, 5) is 20.1. The van der Waals surface area contributed by atoms with Gasteiger partial charge in [-0.15, -0.1) is 11.3 Å². The van der Waals surface area contributed by atoms with E-state index >= 15 is 0 Å². The Hall–Kier alpha value is -2.18. The average molecular weight is 340 g/mol. The number of nitrogens with zero attached hydrogens (tertiary/aromatic N) is 3. The fraction of sp³-hybridized carbons (Fsp3) is 0.333. The van der Waals surface area contributed by atoms with Crippen molar-refractivity contribution in [1.29, 1.82) is 0 Å². The van der Waals surface area contributed by atoms with Gasteiger partial charge in [0.15, 0.2) is 0 Å². The van der Waals surface area contributed by atoms with Gasteiger partial charge in [-0.05, 0) is 42.6 Å². The monoisotopic (exact) mass is 340 g/mol. The quantitative estimate of drug-likeness (QED) is 0.790. The molecule has 0 bridgehead atoms. The molecule has 0 aliphatic carbocycles. The molecule has 24 heavy (non-hydrogen) atoms. The van der Waals surface area contributed by atoms with Crippen molar-refractivity contribution in [3.63, 3.8) is 0 Å². The molecule has 0 saturated carbocycles. The van der Waals surface area contributed by atoms with Crippen molar-refractivity contribution < 1.29 is 4.79 Å². The molecule has 3 heterocycles. The first kappa shape index (κ1) is 15.4. The number of amides is 1. The summed E-state index contributed by atoms with van der Waals surface area (Å²) in [5.74, 6) is 1.05. The largest absolute Gasteiger partial charge is 0.326 e. The van der Waals surface area contributed by atoms with Crippen molar-refractivity contribution in [1.82, 2.24) is 14.5 Å². The van der Waals surface area contributed by atoms with E-state index in [2.05, 4.69) is 27.8 Å². The molecule has 0 unspecified atom stereocenters. The van der Waals surface area contributed by atoms with Gasteiger partial charge in [0.2, 0.25) is 0 Å². The summed E-state index contributed by atoms with van der Waals surface area (Å²) in [6.45, 7) is 6.28. The maximum Gasteiger partial charge on any atom is 0.265 e. The first-order chi connectivity index (χ1) is 11.7. The molecule has 3 aromatic rings. The molecular weight excluding hydrogens is 320 g/mol. The molecule has 1 aromatic carbocycles. The molecule has 0 saturated heterocycles. The minimum absolute atomic E-state index is 0.0672. The van der Waals surface area contributed by atoms with Crippen molar-refractivity contribution in [3.8, 4) is 0 Å². The molecule has 0 spiro atoms. The van der Waals surface area contributed by atoms with E-state index < -0.39 is 0 Å². The van der Waals surface area contributed by atoms with Crippen LogP contribution in [-0.2, 0) is 13.1 Å². The molecule has 0 fully saturated rings. The summed E-state index contributed by atoms with van der Waals surface area (Å²) in [6.07, 6.45) is 1.17. The SMILES string of the molecule is CCCN1CCn2c(nc3cc(NC(=O)c4cccs4)ccc32)C1. The summed E-state index contributed by atoms with van der Waals surface area (Å²) in [7, 11) is 0. The van der Waals surface area contributed by atoms with E-state index in [0.717, 1.165) is 53.6 Å². The van der Waals surface area contributed by atoms with E-state index in [1.54, 1.807) is 0 Å². The normalized spacial score (nSPS) is 14.7. The fourth-order valence-corrected chi connectivity index (χ4v) is 3.87. The Labute approximate surface area is 144 Å². The smallest absolute Gasteiger partial charge is 0.265 e. The van der Waals surface area contributed by atoms with Crippen LogP contribution in [0.25, 0.3) is 11.0 Å². The number of benzene rings is 1. The van der Waals surface area contributed by atoms with E-state index in [1.807, 2.05) is 29.6 Å². The number of thiophene rings is 1. The average Bonchev–Trinajstić information content (AvgIpc) is 3.22. The summed E-state index contributed by atoms with van der Waals surface area (Å²) >= 11 is 1.44. The van der Waals surface area contributed by atoms with Crippen molar-refractivity contribution in [3.05, 3.63) is 46.4 Å². The minimum Gasteiger partial charge on any atom is -0.326 e. The molecule has 5 nitrogen and oxygen atoms in total. The van der Waals surface area contributed by atoms with Crippen LogP contribution in [0.3, 0.4) is 0 Å². The Kier molecular flexibility index (Phi) is 4.08. The predicted octanol–water partition coefficient (Wildman–Crippen LogP) is 3.58. The van der Waals surface area contributed by atoms with Crippen LogP contribution >= 0.6 is 11.3 Å². The van der Waals surface area contributed by atoms with Crippen molar-refractivity contribution in [2.75, 3.05) is 18.4 Å². The third-order valence-corrected chi connectivity index (χ3v) is 5.24. The lowest BCUT2D eigenvalue weighted by Crippen LogP contribution is -2.34. The second-order valence-electron chi connectivity index (χ2n) is 6.09. The van der Waals surface area contributed by atoms with E-state index in [1.165, 1.54) is 17.8 Å². The van der Waals surface area contributed by atoms with Crippen LogP contribution in [0.5, 0.6) is 0 Å². The molecule has 0 radical (unpaired) electrons. The van der Waals surface area contributed by atoms with E-state index in [9.17, 15) is 4.79 Å². The van der Waals surface area contributed by atoms with Crippen LogP contribution in [0, 0.1) is 0 Å². The van der Waals surface area contributed by atoms with E-state index in [4.69, 9.17) is 4.98 Å². The van der Waals surface area contributed by atoms with Gasteiger partial charge in [0.25, 0.3) is 5.91 Å². The van der Waals surface area contributed by atoms with E-state index in [0.29, 0.717) is 0 Å². The molecule has 0 atom stereocenters. The van der Waals surface area contributed by atoms with Gasteiger partial charge in [-0.2, -0.15) is 0 Å². The highest BCUT2D eigenvalue weighted by Gasteiger charge is 2.19. The third-order valence-electron chi connectivity index (χ3n) is 4.37. The minimum atomic E-state index is -0.0672. The number of imidazole rings is 1. The first-order valence-electron chi connectivity index (χ1n) is 8.31. The summed E-state index contributed by atoms with van der Waals surface area (Å²) in [5.41, 5.74) is 2.89. The highest BCUT2D eigenvalue weighted by molar-refractivity contribution is 7.12. The summed E-state index contributed by atoms with van der Waals surface area (Å²) in [6, 6.07) is 9.70. The Balaban J connectivity index is 1.59. The second kappa shape index (κ2) is 6.37. The van der Waals surface area contributed by atoms with Gasteiger partial charge >= 0.3 is 0 Å². The maximum atomic E-state index is 12.2. The molecule has 1 N–H and O–H groups in total. The maximum absolute atomic E-state index is 12.2. The number of rotatable bonds is 4. The zero-order chi connectivity index (χ0) is 16.5. The number of anilines is 1. The predicted molar refractivity (Wildman–Crippen MR) is 97.6 cm³/mol. The Bertz CT molecular complexity index is 869. The van der Waals surface area contributed by atoms with Gasteiger partial charge < -0.3 is 9.88 Å². The molecule has 1 aliphatic rings. The molecule has 6 heteroatoms. The highest BCUT2D eigenvalue weighted by Crippen LogP contribution is 2.24. The van der Waals surface area contributed by atoms with Crippen LogP contribution in [0.2, 0.25) is 0 Å². The Morgan fingerprint density at radius 1 is 1.33 bits per heavy atom. The zero-order valence-electron chi connectivity index (χ0n) is 13.7. The Morgan fingerprint density at radius 3 is 3.04 bits per heavy atom. The van der Waals surface area contributed by atoms with Gasteiger partial charge in [0, 0.05) is 18.8 Å². The third kappa shape index (κ3) is 2.83. The van der Waals surface area contributed by atoms with Crippen LogP contribution in [0.4, 0.5) is 5.69 Å². The molecule has 124 valence electrons. The van der Waals surface area contributed by atoms with Crippen LogP contribution in [-0.4, -0.2) is 33.4 Å². The lowest BCUT2D eigenvalue weighted by molar-refractivity contribution is 0.103. The zero-order valence-corrected chi connectivity index (χ0v) is 14.5. The van der Waals surface area contributed by atoms with Gasteiger partial charge in [-0.25, -0.2) is 4.98 Å². The van der Waals surface area contributed by atoms with Crippen molar-refractivity contribution in [2.24, 2.45) is 0 Å². The molecule has 2 aromatic heterocycles. The Morgan fingerprint density at radius 2 is 2.25 bits per heavy atom. The van der Waals surface area contributed by atoms with Crippen LogP contribution < -0.4 is 5.32 Å². The van der Waals surface area contributed by atoms with Gasteiger partial charge in [0.1, 0.15) is 5.82 Å². The highest BCUT2D eigenvalue weighted by atomic mass is 32.1. The first-order valence-corrected chi connectivity index (χ1v) is 9.19. The van der Waals surface area contributed by atoms with Crippen molar-refractivity contribution in [2.45, 2.75) is 26.4 Å². The number of aromatic nitrogens is 2. The van der Waals surface area contributed by atoms with Crippen LogP contribution in [0.15, 0.2) is 35.7 Å². The molecular formula is C18H20N4OS. The molecule has 4 rings (SSSR count). The number of carbonyl (C=O) groups excluding carboxylic acids is 1. The standard InChI is InChI=1S/C18H20N4OS/c1-2-7-21-8-9-22-15-6-5-13(11-14(15)20-17(22)12-21)19-18(23)16-4-3-10-24-16/h3-6,10-11H,2,7-9,12H2,1H3,(H,19,23). The topological polar surface area (TPSA) is 50.2 Å². The summed E-state index contributed by atoms with van der Waals surface area (Å²) in [5, 5.41) is 4.86. The van der Waals surface area contributed by atoms with Crippen LogP contribution in [0.1, 0.15) is 28.8 Å². The number of hydrogen-bond donors (Lipinski definition) is 1. The number of carbonyl (C=O) groups is 1. The van der Waals surface area contributed by atoms with Crippen molar-refractivity contribution >= 4 is 34.0 Å². The number of hydrogen-bond acceptors (Lipinski definition) is 4. The van der Waals surface area contributed by atoms with E-state index in [-0.39, 0.29) is 5.91 Å². The second-order valence-corrected chi connectivity index (χ2v) is 7.04. The number of fused-ring (bicyclic) bond motifs is 3.